The topological polar surface area (TPSA) is 166 Å². The van der Waals surface area contributed by atoms with Gasteiger partial charge in [0, 0.05) is 60.1 Å². The van der Waals surface area contributed by atoms with Gasteiger partial charge in [-0.3, -0.25) is 4.90 Å². The molecule has 6 N–H and O–H groups in total. The van der Waals surface area contributed by atoms with Crippen LogP contribution >= 0.6 is 15.9 Å². The van der Waals surface area contributed by atoms with E-state index < -0.39 is 0 Å². The molecule has 2 atom stereocenters. The van der Waals surface area contributed by atoms with Crippen LogP contribution in [-0.4, -0.2) is 76.2 Å². The fourth-order valence-corrected chi connectivity index (χ4v) is 7.16. The standard InChI is InChI=1S/C17H18BrN5O.C14H15N5O/c18-10-3-4-13-12(8-10)14-15(24-13)16(21-17(19)20-14)23-7-6-22-5-1-2-11(22)9-23;15-8-5-6-19(7-8)13-12-11(17-14(16)18-13)9-3-1-2-4-10(9)20-12/h3-4,8,11H,1-2,5-7,9H2,(H2,19,20,21);1-4,8H,5-7,15H2,(H2,16,17,18). The number of nitrogens with zero attached hydrogens (tertiary/aromatic N) is 7. The number of hydrogen-bond donors (Lipinski definition) is 3. The molecule has 0 aliphatic carbocycles. The average molecular weight is 658 g/mol. The fraction of sp³-hybridized carbons (Fsp3) is 0.355. The van der Waals surface area contributed by atoms with Crippen molar-refractivity contribution in [1.82, 2.24) is 24.8 Å². The van der Waals surface area contributed by atoms with Gasteiger partial charge in [0.05, 0.1) is 0 Å². The highest BCUT2D eigenvalue weighted by molar-refractivity contribution is 9.10. The SMILES string of the molecule is Nc1nc(N2CCC(N)C2)c2oc3ccccc3c2n1.Nc1nc(N2CCN3CCCC3C2)c2oc3ccc(Br)cc3c2n1. The molecule has 0 saturated carbocycles. The Bertz CT molecular complexity index is 2030. The molecule has 3 aliphatic heterocycles. The smallest absolute Gasteiger partial charge is 0.222 e. The van der Waals surface area contributed by atoms with E-state index in [2.05, 4.69) is 50.6 Å². The van der Waals surface area contributed by atoms with Gasteiger partial charge in [0.1, 0.15) is 22.2 Å². The molecule has 6 aromatic rings. The fourth-order valence-electron chi connectivity index (χ4n) is 6.80. The lowest BCUT2D eigenvalue weighted by atomic mass is 10.1. The molecule has 0 bridgehead atoms. The van der Waals surface area contributed by atoms with Gasteiger partial charge in [0.15, 0.2) is 22.8 Å². The number of benzene rings is 2. The molecule has 0 spiro atoms. The highest BCUT2D eigenvalue weighted by Crippen LogP contribution is 2.37. The minimum absolute atomic E-state index is 0.172. The van der Waals surface area contributed by atoms with Gasteiger partial charge in [-0.15, -0.1) is 0 Å². The van der Waals surface area contributed by atoms with Crippen LogP contribution in [-0.2, 0) is 0 Å². The van der Waals surface area contributed by atoms with Gasteiger partial charge < -0.3 is 35.8 Å². The third kappa shape index (κ3) is 4.75. The molecule has 0 radical (unpaired) electrons. The summed E-state index contributed by atoms with van der Waals surface area (Å²) in [5.41, 5.74) is 22.4. The lowest BCUT2D eigenvalue weighted by Crippen LogP contribution is -2.50. The van der Waals surface area contributed by atoms with Gasteiger partial charge in [0.25, 0.3) is 0 Å². The van der Waals surface area contributed by atoms with Crippen LogP contribution in [0.4, 0.5) is 23.5 Å². The highest BCUT2D eigenvalue weighted by atomic mass is 79.9. The van der Waals surface area contributed by atoms with E-state index in [9.17, 15) is 0 Å². The Balaban J connectivity index is 0.000000134. The van der Waals surface area contributed by atoms with Crippen molar-refractivity contribution in [3.8, 4) is 0 Å². The number of aromatic nitrogens is 4. The molecule has 13 heteroatoms. The van der Waals surface area contributed by atoms with Crippen LogP contribution in [0.1, 0.15) is 19.3 Å². The minimum atomic E-state index is 0.172. The van der Waals surface area contributed by atoms with Gasteiger partial charge in [-0.05, 0) is 56.1 Å². The molecule has 3 saturated heterocycles. The van der Waals surface area contributed by atoms with Crippen molar-refractivity contribution in [2.45, 2.75) is 31.3 Å². The van der Waals surface area contributed by atoms with Crippen LogP contribution in [0.2, 0.25) is 0 Å². The number of anilines is 4. The Labute approximate surface area is 261 Å². The van der Waals surface area contributed by atoms with E-state index in [1.165, 1.54) is 19.4 Å². The summed E-state index contributed by atoms with van der Waals surface area (Å²) in [4.78, 5) is 24.7. The molecule has 2 aromatic carbocycles. The highest BCUT2D eigenvalue weighted by Gasteiger charge is 2.33. The molecular formula is C31H33BrN10O2. The second-order valence-corrected chi connectivity index (χ2v) is 12.7. The second kappa shape index (κ2) is 10.8. The molecule has 4 aromatic heterocycles. The normalized spacial score (nSPS) is 20.6. The molecule has 0 amide bonds. The van der Waals surface area contributed by atoms with Crippen molar-refractivity contribution < 1.29 is 8.83 Å². The Morgan fingerprint density at radius 3 is 2.14 bits per heavy atom. The predicted octanol–water partition coefficient (Wildman–Crippen LogP) is 4.50. The molecule has 2 unspecified atom stereocenters. The lowest BCUT2D eigenvalue weighted by molar-refractivity contribution is 0.230. The zero-order chi connectivity index (χ0) is 29.9. The molecule has 226 valence electrons. The van der Waals surface area contributed by atoms with E-state index in [0.29, 0.717) is 17.6 Å². The van der Waals surface area contributed by atoms with Crippen molar-refractivity contribution in [2.75, 3.05) is 60.5 Å². The van der Waals surface area contributed by atoms with Crippen LogP contribution in [0.15, 0.2) is 55.8 Å². The molecule has 3 aliphatic rings. The summed E-state index contributed by atoms with van der Waals surface area (Å²) < 4.78 is 13.0. The third-order valence-corrected chi connectivity index (χ3v) is 9.40. The zero-order valence-electron chi connectivity index (χ0n) is 24.1. The molecule has 9 rings (SSSR count). The summed E-state index contributed by atoms with van der Waals surface area (Å²) in [5, 5.41) is 1.93. The summed E-state index contributed by atoms with van der Waals surface area (Å²) in [5.74, 6) is 2.14. The van der Waals surface area contributed by atoms with Crippen molar-refractivity contribution in [3.05, 3.63) is 46.9 Å². The molecule has 3 fully saturated rings. The predicted molar refractivity (Wildman–Crippen MR) is 177 cm³/mol. The number of hydrogen-bond acceptors (Lipinski definition) is 12. The number of piperazine rings is 1. The number of halogens is 1. The number of rotatable bonds is 2. The Kier molecular flexibility index (Phi) is 6.69. The van der Waals surface area contributed by atoms with Crippen LogP contribution in [0.25, 0.3) is 44.1 Å². The number of nitrogens with two attached hydrogens (primary N) is 3. The van der Waals surface area contributed by atoms with Gasteiger partial charge in [-0.25, -0.2) is 9.97 Å². The first kappa shape index (κ1) is 27.4. The Hall–Kier alpha value is -4.20. The van der Waals surface area contributed by atoms with Crippen LogP contribution < -0.4 is 27.0 Å². The first-order chi connectivity index (χ1) is 21.4. The van der Waals surface area contributed by atoms with Crippen molar-refractivity contribution in [3.63, 3.8) is 0 Å². The number of para-hydroxylation sites is 1. The van der Waals surface area contributed by atoms with E-state index >= 15 is 0 Å². The molecule has 12 nitrogen and oxygen atoms in total. The largest absolute Gasteiger partial charge is 0.450 e. The molecule has 44 heavy (non-hydrogen) atoms. The van der Waals surface area contributed by atoms with Gasteiger partial charge in [0.2, 0.25) is 11.9 Å². The lowest BCUT2D eigenvalue weighted by Gasteiger charge is -2.38. The van der Waals surface area contributed by atoms with Crippen LogP contribution in [0.3, 0.4) is 0 Å². The molecule has 7 heterocycles. The van der Waals surface area contributed by atoms with E-state index in [1.807, 2.05) is 42.5 Å². The number of fused-ring (bicyclic) bond motifs is 7. The van der Waals surface area contributed by atoms with Gasteiger partial charge in [-0.2, -0.15) is 9.97 Å². The van der Waals surface area contributed by atoms with Gasteiger partial charge >= 0.3 is 0 Å². The van der Waals surface area contributed by atoms with Crippen molar-refractivity contribution >= 4 is 83.6 Å². The Morgan fingerprint density at radius 2 is 1.41 bits per heavy atom. The summed E-state index contributed by atoms with van der Waals surface area (Å²) >= 11 is 3.51. The second-order valence-electron chi connectivity index (χ2n) is 11.8. The maximum atomic E-state index is 6.10. The van der Waals surface area contributed by atoms with E-state index in [-0.39, 0.29) is 12.0 Å². The first-order valence-electron chi connectivity index (χ1n) is 15.0. The van der Waals surface area contributed by atoms with Crippen LogP contribution in [0.5, 0.6) is 0 Å². The summed E-state index contributed by atoms with van der Waals surface area (Å²) in [6.45, 7) is 5.85. The number of furan rings is 2. The summed E-state index contributed by atoms with van der Waals surface area (Å²) in [6.07, 6.45) is 3.50. The number of nitrogen functional groups attached to an aromatic ring is 2. The first-order valence-corrected chi connectivity index (χ1v) is 15.8. The summed E-state index contributed by atoms with van der Waals surface area (Å²) in [6, 6.07) is 14.5. The Morgan fingerprint density at radius 1 is 0.727 bits per heavy atom. The van der Waals surface area contributed by atoms with Crippen molar-refractivity contribution in [1.29, 1.82) is 0 Å². The average Bonchev–Trinajstić information content (AvgIpc) is 3.81. The van der Waals surface area contributed by atoms with Crippen LogP contribution in [0, 0.1) is 0 Å². The summed E-state index contributed by atoms with van der Waals surface area (Å²) in [7, 11) is 0. The van der Waals surface area contributed by atoms with E-state index in [1.54, 1.807) is 0 Å². The zero-order valence-corrected chi connectivity index (χ0v) is 25.7. The third-order valence-electron chi connectivity index (χ3n) is 8.90. The molecular weight excluding hydrogens is 624 g/mol. The maximum absolute atomic E-state index is 6.10. The van der Waals surface area contributed by atoms with E-state index in [4.69, 9.17) is 26.0 Å². The quantitative estimate of drug-likeness (QED) is 0.239. The maximum Gasteiger partial charge on any atom is 0.222 e. The monoisotopic (exact) mass is 656 g/mol. The van der Waals surface area contributed by atoms with Gasteiger partial charge in [-0.1, -0.05) is 28.1 Å². The van der Waals surface area contributed by atoms with E-state index in [0.717, 1.165) is 93.8 Å². The minimum Gasteiger partial charge on any atom is -0.450 e. The van der Waals surface area contributed by atoms with Crippen molar-refractivity contribution in [2.24, 2.45) is 5.73 Å².